The molecular weight excluding hydrogens is 477 g/mol. The third-order valence-electron chi connectivity index (χ3n) is 5.10. The van der Waals surface area contributed by atoms with Gasteiger partial charge in [-0.2, -0.15) is 0 Å². The van der Waals surface area contributed by atoms with Gasteiger partial charge >= 0.3 is 0 Å². The third-order valence-corrected chi connectivity index (χ3v) is 6.93. The van der Waals surface area contributed by atoms with Crippen LogP contribution in [-0.2, 0) is 14.6 Å². The van der Waals surface area contributed by atoms with Crippen molar-refractivity contribution in [3.63, 3.8) is 0 Å². The molecule has 2 fully saturated rings. The van der Waals surface area contributed by atoms with Gasteiger partial charge in [-0.15, -0.1) is 24.0 Å². The number of guanidine groups is 1. The molecule has 152 valence electrons. The Bertz CT molecular complexity index is 727. The van der Waals surface area contributed by atoms with Crippen LogP contribution < -0.4 is 10.6 Å². The van der Waals surface area contributed by atoms with Crippen molar-refractivity contribution < 1.29 is 13.2 Å². The van der Waals surface area contributed by atoms with Crippen molar-refractivity contribution in [1.29, 1.82) is 0 Å². The van der Waals surface area contributed by atoms with E-state index in [0.29, 0.717) is 29.9 Å². The smallest absolute Gasteiger partial charge is 0.191 e. The lowest BCUT2D eigenvalue weighted by molar-refractivity contribution is 0.0992. The summed E-state index contributed by atoms with van der Waals surface area (Å²) in [4.78, 5) is 4.87. The summed E-state index contributed by atoms with van der Waals surface area (Å²) in [5, 5.41) is 6.78. The maximum atomic E-state index is 12.7. The Labute approximate surface area is 179 Å². The molecule has 2 heterocycles. The van der Waals surface area contributed by atoms with Crippen LogP contribution in [-0.4, -0.2) is 51.0 Å². The van der Waals surface area contributed by atoms with E-state index in [4.69, 9.17) is 4.74 Å². The molecule has 4 atom stereocenters. The van der Waals surface area contributed by atoms with Gasteiger partial charge in [0.15, 0.2) is 15.8 Å². The fourth-order valence-corrected chi connectivity index (χ4v) is 5.31. The maximum absolute atomic E-state index is 12.7. The molecule has 0 spiro atoms. The average Bonchev–Trinajstić information content (AvgIpc) is 3.25. The van der Waals surface area contributed by atoms with Crippen molar-refractivity contribution in [3.05, 3.63) is 30.3 Å². The summed E-state index contributed by atoms with van der Waals surface area (Å²) < 4.78 is 31.2. The number of benzene rings is 1. The van der Waals surface area contributed by atoms with Gasteiger partial charge in [-0.05, 0) is 44.7 Å². The predicted molar refractivity (Wildman–Crippen MR) is 119 cm³/mol. The summed E-state index contributed by atoms with van der Waals surface area (Å²) >= 11 is 0. The molecule has 3 rings (SSSR count). The Morgan fingerprint density at radius 3 is 2.56 bits per heavy atom. The normalized spacial score (nSPS) is 25.7. The van der Waals surface area contributed by atoms with Gasteiger partial charge in [-0.3, -0.25) is 4.99 Å². The van der Waals surface area contributed by atoms with Gasteiger partial charge in [-0.1, -0.05) is 25.1 Å². The largest absolute Gasteiger partial charge is 0.373 e. The number of hydrogen-bond acceptors (Lipinski definition) is 4. The summed E-state index contributed by atoms with van der Waals surface area (Å²) in [6, 6.07) is 8.68. The number of rotatable bonds is 7. The van der Waals surface area contributed by atoms with Crippen molar-refractivity contribution in [2.24, 2.45) is 4.99 Å². The Morgan fingerprint density at radius 1 is 1.26 bits per heavy atom. The Balaban J connectivity index is 0.00000261. The molecule has 1 aromatic rings. The highest BCUT2D eigenvalue weighted by Gasteiger charge is 2.41. The number of nitrogens with one attached hydrogen (secondary N) is 2. The Morgan fingerprint density at radius 2 is 2.00 bits per heavy atom. The van der Waals surface area contributed by atoms with Crippen LogP contribution >= 0.6 is 24.0 Å². The van der Waals surface area contributed by atoms with Crippen LogP contribution in [0.15, 0.2) is 40.2 Å². The standard InChI is InChI=1S/C19H29N3O3S.HI/c1-3-14(13-26(23,24)16-8-6-5-7-9-16)21-19(20-4-2)22-17-12-15-10-11-18(17)25-15;/h5-9,14-15,17-18H,3-4,10-13H2,1-2H3,(H2,20,21,22);1H. The molecular formula is C19H30IN3O3S. The molecule has 2 aliphatic heterocycles. The fourth-order valence-electron chi connectivity index (χ4n) is 3.70. The van der Waals surface area contributed by atoms with E-state index < -0.39 is 9.84 Å². The first-order valence-electron chi connectivity index (χ1n) is 9.52. The zero-order valence-electron chi connectivity index (χ0n) is 15.9. The molecule has 4 unspecified atom stereocenters. The van der Waals surface area contributed by atoms with E-state index in [9.17, 15) is 8.42 Å². The van der Waals surface area contributed by atoms with Gasteiger partial charge in [0.2, 0.25) is 0 Å². The molecule has 8 heteroatoms. The molecule has 2 bridgehead atoms. The molecule has 0 saturated carbocycles. The van der Waals surface area contributed by atoms with Gasteiger partial charge in [-0.25, -0.2) is 8.42 Å². The minimum Gasteiger partial charge on any atom is -0.373 e. The van der Waals surface area contributed by atoms with Crippen LogP contribution in [0.1, 0.15) is 39.5 Å². The second-order valence-corrected chi connectivity index (χ2v) is 9.06. The van der Waals surface area contributed by atoms with Gasteiger partial charge in [0.05, 0.1) is 28.9 Å². The zero-order chi connectivity index (χ0) is 18.6. The first kappa shape index (κ1) is 22.4. The summed E-state index contributed by atoms with van der Waals surface area (Å²) in [7, 11) is -3.34. The minimum absolute atomic E-state index is 0. The van der Waals surface area contributed by atoms with Gasteiger partial charge < -0.3 is 15.4 Å². The second-order valence-electron chi connectivity index (χ2n) is 7.03. The second kappa shape index (κ2) is 10.1. The van der Waals surface area contributed by atoms with Crippen LogP contribution in [0.4, 0.5) is 0 Å². The van der Waals surface area contributed by atoms with E-state index in [1.54, 1.807) is 24.3 Å². The lowest BCUT2D eigenvalue weighted by atomic mass is 9.96. The molecule has 27 heavy (non-hydrogen) atoms. The maximum Gasteiger partial charge on any atom is 0.191 e. The van der Waals surface area contributed by atoms with E-state index in [1.807, 2.05) is 19.9 Å². The number of hydrogen-bond donors (Lipinski definition) is 2. The van der Waals surface area contributed by atoms with Crippen molar-refractivity contribution >= 4 is 39.8 Å². The van der Waals surface area contributed by atoms with Crippen molar-refractivity contribution in [3.8, 4) is 0 Å². The highest BCUT2D eigenvalue weighted by molar-refractivity contribution is 14.0. The van der Waals surface area contributed by atoms with E-state index >= 15 is 0 Å². The summed E-state index contributed by atoms with van der Waals surface area (Å²) in [6.45, 7) is 4.60. The molecule has 0 radical (unpaired) electrons. The van der Waals surface area contributed by atoms with E-state index in [1.165, 1.54) is 0 Å². The number of nitrogens with zero attached hydrogens (tertiary/aromatic N) is 1. The summed E-state index contributed by atoms with van der Waals surface area (Å²) in [6.07, 6.45) is 4.53. The lowest BCUT2D eigenvalue weighted by Crippen LogP contribution is -2.51. The Hall–Kier alpha value is -0.870. The topological polar surface area (TPSA) is 79.8 Å². The van der Waals surface area contributed by atoms with E-state index in [-0.39, 0.29) is 47.9 Å². The monoisotopic (exact) mass is 507 g/mol. The number of aliphatic imine (C=N–C) groups is 1. The van der Waals surface area contributed by atoms with E-state index in [0.717, 1.165) is 19.3 Å². The quantitative estimate of drug-likeness (QED) is 0.337. The number of ether oxygens (including phenoxy) is 1. The number of sulfone groups is 1. The first-order chi connectivity index (χ1) is 12.5. The van der Waals surface area contributed by atoms with Crippen LogP contribution in [0.3, 0.4) is 0 Å². The molecule has 6 nitrogen and oxygen atoms in total. The molecule has 0 aromatic heterocycles. The molecule has 1 aromatic carbocycles. The van der Waals surface area contributed by atoms with Crippen LogP contribution in [0.5, 0.6) is 0 Å². The fraction of sp³-hybridized carbons (Fsp3) is 0.632. The van der Waals surface area contributed by atoms with E-state index in [2.05, 4.69) is 15.6 Å². The van der Waals surface area contributed by atoms with Crippen LogP contribution in [0, 0.1) is 0 Å². The summed E-state index contributed by atoms with van der Waals surface area (Å²) in [5.74, 6) is 0.731. The highest BCUT2D eigenvalue weighted by atomic mass is 127. The van der Waals surface area contributed by atoms with Gasteiger partial charge in [0.25, 0.3) is 0 Å². The van der Waals surface area contributed by atoms with Crippen molar-refractivity contribution in [2.75, 3.05) is 12.3 Å². The number of fused-ring (bicyclic) bond motifs is 2. The molecule has 2 saturated heterocycles. The SMILES string of the molecule is CCN=C(NC(CC)CS(=O)(=O)c1ccccc1)NC1CC2CCC1O2.I. The summed E-state index contributed by atoms with van der Waals surface area (Å²) in [5.41, 5.74) is 0. The molecule has 2 aliphatic rings. The van der Waals surface area contributed by atoms with Gasteiger partial charge in [0, 0.05) is 12.6 Å². The zero-order valence-corrected chi connectivity index (χ0v) is 19.1. The molecule has 2 N–H and O–H groups in total. The molecule has 0 amide bonds. The third kappa shape index (κ3) is 5.80. The average molecular weight is 507 g/mol. The first-order valence-corrected chi connectivity index (χ1v) is 11.2. The van der Waals surface area contributed by atoms with Crippen molar-refractivity contribution in [1.82, 2.24) is 10.6 Å². The predicted octanol–water partition coefficient (Wildman–Crippen LogP) is 2.73. The van der Waals surface area contributed by atoms with Gasteiger partial charge in [0.1, 0.15) is 0 Å². The number of halogens is 1. The highest BCUT2D eigenvalue weighted by Crippen LogP contribution is 2.34. The van der Waals surface area contributed by atoms with Crippen LogP contribution in [0.25, 0.3) is 0 Å². The molecule has 0 aliphatic carbocycles. The minimum atomic E-state index is -3.34. The Kier molecular flexibility index (Phi) is 8.36. The lowest BCUT2D eigenvalue weighted by Gasteiger charge is -2.26. The van der Waals surface area contributed by atoms with Crippen LogP contribution in [0.2, 0.25) is 0 Å². The van der Waals surface area contributed by atoms with Crippen molar-refractivity contribution in [2.45, 2.75) is 68.7 Å².